The summed E-state index contributed by atoms with van der Waals surface area (Å²) in [5, 5.41) is 27.3. The first kappa shape index (κ1) is 35.6. The van der Waals surface area contributed by atoms with Crippen molar-refractivity contribution in [2.24, 2.45) is 0 Å². The van der Waals surface area contributed by atoms with Gasteiger partial charge in [-0.15, -0.1) is 0 Å². The number of rotatable bonds is 14. The van der Waals surface area contributed by atoms with E-state index in [4.69, 9.17) is 20.8 Å². The molecule has 0 aliphatic rings. The average molecular weight is 641 g/mol. The smallest absolute Gasteiger partial charge is 0.251 e. The third kappa shape index (κ3) is 9.81. The molecule has 3 aromatic carbocycles. The Morgan fingerprint density at radius 2 is 1.73 bits per heavy atom. The minimum absolute atomic E-state index is 0.0126. The average Bonchev–Trinajstić information content (AvgIpc) is 2.95. The van der Waals surface area contributed by atoms with Crippen LogP contribution in [-0.4, -0.2) is 50.2 Å². The number of ether oxygens (including phenoxy) is 1. The van der Waals surface area contributed by atoms with Gasteiger partial charge in [-0.05, 0) is 104 Å². The Hall–Kier alpha value is -2.88. The molecular formula is C35H49ClN2O5Si. The van der Waals surface area contributed by atoms with Crippen LogP contribution in [0, 0.1) is 0 Å². The third-order valence-electron chi connectivity index (χ3n) is 8.41. The largest absolute Gasteiger partial charge is 0.508 e. The third-order valence-corrected chi connectivity index (χ3v) is 13.1. The quantitative estimate of drug-likeness (QED) is 0.139. The summed E-state index contributed by atoms with van der Waals surface area (Å²) in [7, 11) is -0.527. The van der Waals surface area contributed by atoms with E-state index in [1.54, 1.807) is 19.2 Å². The fourth-order valence-corrected chi connectivity index (χ4v) is 6.29. The highest BCUT2D eigenvalue weighted by molar-refractivity contribution is 6.74. The number of aromatic hydroxyl groups is 1. The summed E-state index contributed by atoms with van der Waals surface area (Å²) in [6.45, 7) is 16.1. The molecule has 0 aliphatic heterocycles. The Morgan fingerprint density at radius 3 is 2.39 bits per heavy atom. The molecule has 0 radical (unpaired) electrons. The zero-order valence-electron chi connectivity index (χ0n) is 27.4. The molecule has 0 spiro atoms. The molecule has 0 fully saturated rings. The predicted octanol–water partition coefficient (Wildman–Crippen LogP) is 7.19. The van der Waals surface area contributed by atoms with E-state index >= 15 is 0 Å². The lowest BCUT2D eigenvalue weighted by atomic mass is 9.93. The summed E-state index contributed by atoms with van der Waals surface area (Å²) in [4.78, 5) is 13.0. The molecule has 4 N–H and O–H groups in total. The molecule has 44 heavy (non-hydrogen) atoms. The number of amides is 1. The second kappa shape index (κ2) is 14.9. The highest BCUT2D eigenvalue weighted by Crippen LogP contribution is 2.40. The topological polar surface area (TPSA) is 100 Å². The molecule has 7 nitrogen and oxygen atoms in total. The van der Waals surface area contributed by atoms with Crippen molar-refractivity contribution in [3.05, 3.63) is 93.5 Å². The van der Waals surface area contributed by atoms with E-state index in [0.29, 0.717) is 42.1 Å². The van der Waals surface area contributed by atoms with Crippen molar-refractivity contribution in [2.75, 3.05) is 20.2 Å². The predicted molar refractivity (Wildman–Crippen MR) is 181 cm³/mol. The van der Waals surface area contributed by atoms with Crippen molar-refractivity contribution in [3.63, 3.8) is 0 Å². The summed E-state index contributed by atoms with van der Waals surface area (Å²) in [5.41, 5.74) is 3.67. The van der Waals surface area contributed by atoms with Crippen LogP contribution in [0.4, 0.5) is 0 Å². The fourth-order valence-electron chi connectivity index (χ4n) is 4.81. The van der Waals surface area contributed by atoms with E-state index in [9.17, 15) is 15.0 Å². The minimum atomic E-state index is -2.15. The molecule has 0 saturated carbocycles. The molecule has 0 heterocycles. The van der Waals surface area contributed by atoms with E-state index in [1.807, 2.05) is 48.5 Å². The summed E-state index contributed by atoms with van der Waals surface area (Å²) >= 11 is 6.14. The van der Waals surface area contributed by atoms with Gasteiger partial charge in [-0.2, -0.15) is 0 Å². The number of methoxy groups -OCH3 is 1. The number of benzene rings is 3. The van der Waals surface area contributed by atoms with Crippen LogP contribution < -0.4 is 15.4 Å². The summed E-state index contributed by atoms with van der Waals surface area (Å²) in [6.07, 6.45) is 1.03. The molecule has 0 aliphatic carbocycles. The lowest BCUT2D eigenvalue weighted by Gasteiger charge is -2.40. The van der Waals surface area contributed by atoms with Crippen molar-refractivity contribution in [2.45, 2.75) is 83.8 Å². The lowest BCUT2D eigenvalue weighted by Crippen LogP contribution is -2.47. The SMILES string of the molecule is COc1ccc(Cl)cc1CCNC(=O)c1cccc(CC(C)(C)NC[C@H](O[Si](C)(C)C(C)(C)C)c2ccc(O)c(CO)c2)c1. The number of hydrogen-bond acceptors (Lipinski definition) is 6. The van der Waals surface area contributed by atoms with Crippen molar-refractivity contribution in [1.82, 2.24) is 10.6 Å². The van der Waals surface area contributed by atoms with Gasteiger partial charge in [-0.3, -0.25) is 4.79 Å². The van der Waals surface area contributed by atoms with E-state index in [1.165, 1.54) is 0 Å². The molecule has 0 aromatic heterocycles. The number of halogens is 1. The molecule has 240 valence electrons. The van der Waals surface area contributed by atoms with Gasteiger partial charge in [0.25, 0.3) is 5.91 Å². The molecule has 1 amide bonds. The Kier molecular flexibility index (Phi) is 12.1. The fraction of sp³-hybridized carbons (Fsp3) is 0.457. The van der Waals surface area contributed by atoms with Crippen molar-refractivity contribution >= 4 is 25.8 Å². The Morgan fingerprint density at radius 1 is 1.00 bits per heavy atom. The molecule has 1 atom stereocenters. The number of phenols is 1. The number of aliphatic hydroxyl groups is 1. The van der Waals surface area contributed by atoms with Gasteiger partial charge in [0, 0.05) is 34.8 Å². The molecule has 0 saturated heterocycles. The molecule has 3 aromatic rings. The van der Waals surface area contributed by atoms with Gasteiger partial charge in [0.1, 0.15) is 11.5 Å². The van der Waals surface area contributed by atoms with Crippen molar-refractivity contribution in [3.8, 4) is 11.5 Å². The van der Waals surface area contributed by atoms with Crippen LogP contribution >= 0.6 is 11.6 Å². The monoisotopic (exact) mass is 640 g/mol. The maximum absolute atomic E-state index is 13.0. The number of carbonyl (C=O) groups is 1. The van der Waals surface area contributed by atoms with E-state index in [2.05, 4.69) is 58.3 Å². The van der Waals surface area contributed by atoms with E-state index in [0.717, 1.165) is 22.4 Å². The first-order chi connectivity index (χ1) is 20.5. The van der Waals surface area contributed by atoms with Crippen LogP contribution in [0.25, 0.3) is 0 Å². The molecular weight excluding hydrogens is 592 g/mol. The number of aliphatic hydroxyl groups excluding tert-OH is 1. The molecule has 3 rings (SSSR count). The second-order valence-corrected chi connectivity index (χ2v) is 18.7. The van der Waals surface area contributed by atoms with Crippen LogP contribution in [0.1, 0.15) is 73.3 Å². The van der Waals surface area contributed by atoms with Crippen LogP contribution in [0.5, 0.6) is 11.5 Å². The van der Waals surface area contributed by atoms with Crippen molar-refractivity contribution < 1.29 is 24.2 Å². The maximum atomic E-state index is 13.0. The Balaban J connectivity index is 1.69. The van der Waals surface area contributed by atoms with Gasteiger partial charge in [0.2, 0.25) is 0 Å². The van der Waals surface area contributed by atoms with Crippen LogP contribution in [0.15, 0.2) is 60.7 Å². The van der Waals surface area contributed by atoms with Crippen molar-refractivity contribution in [1.29, 1.82) is 0 Å². The van der Waals surface area contributed by atoms with Crippen LogP contribution in [0.2, 0.25) is 23.2 Å². The Labute approximate surface area is 269 Å². The zero-order chi connectivity index (χ0) is 32.7. The highest BCUT2D eigenvalue weighted by Gasteiger charge is 2.40. The van der Waals surface area contributed by atoms with E-state index < -0.39 is 8.32 Å². The van der Waals surface area contributed by atoms with Gasteiger partial charge in [0.15, 0.2) is 8.32 Å². The standard InChI is InChI=1S/C35H49ClN2O5Si/c1-34(2,3)44(7,8)43-32(25-12-14-30(40)28(19-25)23-39)22-38-35(4,5)21-24-10-9-11-27(18-24)33(41)37-17-16-26-20-29(36)13-15-31(26)42-6/h9-15,18-20,32,38-40H,16-17,21-23H2,1-8H3,(H,37,41)/t32-/m0/s1. The van der Waals surface area contributed by atoms with Gasteiger partial charge < -0.3 is 30.0 Å². The summed E-state index contributed by atoms with van der Waals surface area (Å²) in [5.74, 6) is 0.689. The zero-order valence-corrected chi connectivity index (χ0v) is 29.1. The van der Waals surface area contributed by atoms with E-state index in [-0.39, 0.29) is 34.9 Å². The van der Waals surface area contributed by atoms with Gasteiger partial charge in [-0.25, -0.2) is 0 Å². The molecule has 9 heteroatoms. The maximum Gasteiger partial charge on any atom is 0.251 e. The normalized spacial score (nSPS) is 13.0. The summed E-state index contributed by atoms with van der Waals surface area (Å²) < 4.78 is 12.3. The summed E-state index contributed by atoms with van der Waals surface area (Å²) in [6, 6.07) is 18.5. The minimum Gasteiger partial charge on any atom is -0.508 e. The van der Waals surface area contributed by atoms with Crippen LogP contribution in [-0.2, 0) is 23.9 Å². The van der Waals surface area contributed by atoms with Gasteiger partial charge in [0.05, 0.1) is 19.8 Å². The molecule has 0 unspecified atom stereocenters. The first-order valence-electron chi connectivity index (χ1n) is 15.1. The van der Waals surface area contributed by atoms with Gasteiger partial charge in [-0.1, -0.05) is 50.6 Å². The lowest BCUT2D eigenvalue weighted by molar-refractivity contribution is 0.0954. The Bertz CT molecular complexity index is 1420. The number of carbonyl (C=O) groups excluding carboxylic acids is 1. The van der Waals surface area contributed by atoms with Gasteiger partial charge >= 0.3 is 0 Å². The van der Waals surface area contributed by atoms with Crippen LogP contribution in [0.3, 0.4) is 0 Å². The number of nitrogens with one attached hydrogen (secondary N) is 2. The first-order valence-corrected chi connectivity index (χ1v) is 18.4. The second-order valence-electron chi connectivity index (χ2n) is 13.5. The molecule has 0 bridgehead atoms. The number of hydrogen-bond donors (Lipinski definition) is 4. The highest BCUT2D eigenvalue weighted by atomic mass is 35.5.